The zero-order valence-corrected chi connectivity index (χ0v) is 12.0. The number of alkyl halides is 3. The molecule has 1 aliphatic rings. The second-order valence-electron chi connectivity index (χ2n) is 5.32. The summed E-state index contributed by atoms with van der Waals surface area (Å²) >= 11 is 0. The number of quaternary nitrogens is 1. The van der Waals surface area contributed by atoms with E-state index in [0.29, 0.717) is 26.2 Å². The standard InChI is InChI=1S/C14H18F3N3O2/c15-14(16,17)10-18-13(22)9-19-5-7-20(8-6-19)11-1-3-12(21)4-2-11/h1-4,21H,5-10H2,(H,18,22)/p+1. The molecule has 0 spiro atoms. The van der Waals surface area contributed by atoms with Crippen LogP contribution < -0.4 is 15.1 Å². The predicted octanol–water partition coefficient (Wildman–Crippen LogP) is -0.224. The Kier molecular flexibility index (Phi) is 5.12. The fourth-order valence-corrected chi connectivity index (χ4v) is 2.41. The van der Waals surface area contributed by atoms with Gasteiger partial charge < -0.3 is 20.2 Å². The summed E-state index contributed by atoms with van der Waals surface area (Å²) in [6.07, 6.45) is -4.37. The summed E-state index contributed by atoms with van der Waals surface area (Å²) in [5.41, 5.74) is 0.985. The SMILES string of the molecule is O=C(C[NH+]1CCN(c2ccc(O)cc2)CC1)NCC(F)(F)F. The third-order valence-electron chi connectivity index (χ3n) is 3.58. The van der Waals surface area contributed by atoms with E-state index in [-0.39, 0.29) is 12.3 Å². The molecule has 0 aliphatic carbocycles. The molecule has 1 aromatic carbocycles. The van der Waals surface area contributed by atoms with Gasteiger partial charge in [0.25, 0.3) is 5.91 Å². The largest absolute Gasteiger partial charge is 0.508 e. The number of phenols is 1. The highest BCUT2D eigenvalue weighted by Gasteiger charge is 2.29. The Labute approximate surface area is 126 Å². The van der Waals surface area contributed by atoms with Crippen LogP contribution in [-0.4, -0.2) is 56.5 Å². The van der Waals surface area contributed by atoms with Gasteiger partial charge in [0.05, 0.1) is 26.2 Å². The molecule has 1 saturated heterocycles. The number of hydrogen-bond acceptors (Lipinski definition) is 3. The quantitative estimate of drug-likeness (QED) is 0.719. The summed E-state index contributed by atoms with van der Waals surface area (Å²) in [6.45, 7) is 1.57. The summed E-state index contributed by atoms with van der Waals surface area (Å²) in [5, 5.41) is 11.1. The minimum absolute atomic E-state index is 0.0551. The van der Waals surface area contributed by atoms with Gasteiger partial charge in [0, 0.05) is 5.69 Å². The number of nitrogens with one attached hydrogen (secondary N) is 2. The maximum atomic E-state index is 12.0. The highest BCUT2D eigenvalue weighted by atomic mass is 19.4. The van der Waals surface area contributed by atoms with E-state index in [1.807, 2.05) is 17.4 Å². The van der Waals surface area contributed by atoms with Crippen LogP contribution in [0.2, 0.25) is 0 Å². The first kappa shape index (κ1) is 16.4. The van der Waals surface area contributed by atoms with Gasteiger partial charge in [-0.3, -0.25) is 4.79 Å². The number of amides is 1. The number of halogens is 3. The fraction of sp³-hybridized carbons (Fsp3) is 0.500. The first-order valence-electron chi connectivity index (χ1n) is 7.04. The third-order valence-corrected chi connectivity index (χ3v) is 3.58. The fourth-order valence-electron chi connectivity index (χ4n) is 2.41. The molecule has 0 saturated carbocycles. The van der Waals surface area contributed by atoms with Gasteiger partial charge in [0.15, 0.2) is 6.54 Å². The Morgan fingerprint density at radius 1 is 1.23 bits per heavy atom. The Morgan fingerprint density at radius 2 is 1.82 bits per heavy atom. The van der Waals surface area contributed by atoms with Crippen molar-refractivity contribution in [2.75, 3.05) is 44.2 Å². The van der Waals surface area contributed by atoms with Crippen LogP contribution in [-0.2, 0) is 4.79 Å². The number of carbonyl (C=O) groups excluding carboxylic acids is 1. The van der Waals surface area contributed by atoms with Crippen molar-refractivity contribution in [1.82, 2.24) is 5.32 Å². The summed E-state index contributed by atoms with van der Waals surface area (Å²) < 4.78 is 36.0. The Bertz CT molecular complexity index is 497. The molecule has 1 amide bonds. The van der Waals surface area contributed by atoms with Crippen LogP contribution in [0.15, 0.2) is 24.3 Å². The number of benzene rings is 1. The molecule has 2 rings (SSSR count). The lowest BCUT2D eigenvalue weighted by Gasteiger charge is -2.33. The molecule has 0 radical (unpaired) electrons. The molecular formula is C14H19F3N3O2+. The van der Waals surface area contributed by atoms with Gasteiger partial charge in [-0.05, 0) is 24.3 Å². The molecule has 1 heterocycles. The molecule has 0 atom stereocenters. The molecule has 22 heavy (non-hydrogen) atoms. The summed E-state index contributed by atoms with van der Waals surface area (Å²) in [4.78, 5) is 14.6. The van der Waals surface area contributed by atoms with Crippen molar-refractivity contribution in [3.8, 4) is 5.75 Å². The van der Waals surface area contributed by atoms with E-state index in [1.54, 1.807) is 12.1 Å². The van der Waals surface area contributed by atoms with Crippen LogP contribution in [0.3, 0.4) is 0 Å². The maximum Gasteiger partial charge on any atom is 0.405 e. The molecular weight excluding hydrogens is 299 g/mol. The van der Waals surface area contributed by atoms with E-state index in [4.69, 9.17) is 0 Å². The number of nitrogens with zero attached hydrogens (tertiary/aromatic N) is 1. The molecule has 0 bridgehead atoms. The van der Waals surface area contributed by atoms with Gasteiger partial charge in [-0.15, -0.1) is 0 Å². The highest BCUT2D eigenvalue weighted by Crippen LogP contribution is 2.18. The molecule has 0 unspecified atom stereocenters. The maximum absolute atomic E-state index is 12.0. The van der Waals surface area contributed by atoms with Crippen LogP contribution in [0.4, 0.5) is 18.9 Å². The van der Waals surface area contributed by atoms with Gasteiger partial charge in [-0.2, -0.15) is 13.2 Å². The number of hydrogen-bond donors (Lipinski definition) is 3. The van der Waals surface area contributed by atoms with Crippen LogP contribution in [0.5, 0.6) is 5.75 Å². The number of carbonyl (C=O) groups is 1. The Balaban J connectivity index is 1.75. The number of piperazine rings is 1. The van der Waals surface area contributed by atoms with Crippen molar-refractivity contribution in [1.29, 1.82) is 0 Å². The first-order valence-corrected chi connectivity index (χ1v) is 7.04. The summed E-state index contributed by atoms with van der Waals surface area (Å²) in [6, 6.07) is 6.85. The number of rotatable bonds is 4. The molecule has 8 heteroatoms. The lowest BCUT2D eigenvalue weighted by Crippen LogP contribution is -3.16. The van der Waals surface area contributed by atoms with Crippen molar-refractivity contribution in [3.05, 3.63) is 24.3 Å². The lowest BCUT2D eigenvalue weighted by molar-refractivity contribution is -0.892. The van der Waals surface area contributed by atoms with Gasteiger partial charge >= 0.3 is 6.18 Å². The molecule has 3 N–H and O–H groups in total. The normalized spacial score (nSPS) is 16.6. The Morgan fingerprint density at radius 3 is 2.36 bits per heavy atom. The average molecular weight is 318 g/mol. The zero-order valence-electron chi connectivity index (χ0n) is 12.0. The van der Waals surface area contributed by atoms with E-state index in [9.17, 15) is 23.1 Å². The molecule has 122 valence electrons. The van der Waals surface area contributed by atoms with E-state index < -0.39 is 18.6 Å². The summed E-state index contributed by atoms with van der Waals surface area (Å²) in [7, 11) is 0. The van der Waals surface area contributed by atoms with Crippen molar-refractivity contribution < 1.29 is 28.0 Å². The highest BCUT2D eigenvalue weighted by molar-refractivity contribution is 5.76. The van der Waals surface area contributed by atoms with Crippen LogP contribution in [0.1, 0.15) is 0 Å². The second kappa shape index (κ2) is 6.87. The second-order valence-corrected chi connectivity index (χ2v) is 5.32. The Hall–Kier alpha value is -1.96. The molecule has 1 aliphatic heterocycles. The van der Waals surface area contributed by atoms with E-state index in [1.165, 1.54) is 0 Å². The summed E-state index contributed by atoms with van der Waals surface area (Å²) in [5.74, 6) is -0.375. The minimum Gasteiger partial charge on any atom is -0.508 e. The lowest BCUT2D eigenvalue weighted by atomic mass is 10.2. The van der Waals surface area contributed by atoms with Crippen LogP contribution in [0, 0.1) is 0 Å². The molecule has 1 fully saturated rings. The molecule has 0 aromatic heterocycles. The molecule has 5 nitrogen and oxygen atoms in total. The number of aromatic hydroxyl groups is 1. The van der Waals surface area contributed by atoms with E-state index >= 15 is 0 Å². The van der Waals surface area contributed by atoms with Crippen LogP contribution in [0.25, 0.3) is 0 Å². The zero-order chi connectivity index (χ0) is 16.2. The van der Waals surface area contributed by atoms with Crippen molar-refractivity contribution in [3.63, 3.8) is 0 Å². The van der Waals surface area contributed by atoms with E-state index in [2.05, 4.69) is 4.90 Å². The van der Waals surface area contributed by atoms with Crippen molar-refractivity contribution in [2.24, 2.45) is 0 Å². The first-order chi connectivity index (χ1) is 10.3. The van der Waals surface area contributed by atoms with E-state index in [0.717, 1.165) is 10.6 Å². The molecule has 1 aromatic rings. The number of phenolic OH excluding ortho intramolecular Hbond substituents is 1. The van der Waals surface area contributed by atoms with Gasteiger partial charge in [-0.1, -0.05) is 0 Å². The minimum atomic E-state index is -4.37. The van der Waals surface area contributed by atoms with Gasteiger partial charge in [-0.25, -0.2) is 0 Å². The number of anilines is 1. The van der Waals surface area contributed by atoms with Crippen molar-refractivity contribution >= 4 is 11.6 Å². The third kappa shape index (κ3) is 5.10. The smallest absolute Gasteiger partial charge is 0.405 e. The van der Waals surface area contributed by atoms with Gasteiger partial charge in [0.1, 0.15) is 12.3 Å². The van der Waals surface area contributed by atoms with Crippen molar-refractivity contribution in [2.45, 2.75) is 6.18 Å². The van der Waals surface area contributed by atoms with Crippen LogP contribution >= 0.6 is 0 Å². The monoisotopic (exact) mass is 318 g/mol. The average Bonchev–Trinajstić information content (AvgIpc) is 2.46. The van der Waals surface area contributed by atoms with Gasteiger partial charge in [0.2, 0.25) is 0 Å². The topological polar surface area (TPSA) is 57.0 Å². The predicted molar refractivity (Wildman–Crippen MR) is 74.9 cm³/mol.